The highest BCUT2D eigenvalue weighted by Gasteiger charge is 2.42. The minimum atomic E-state index is -0.594. The normalized spacial score (nSPS) is 31.1. The molecular weight excluding hydrogens is 204 g/mol. The first-order valence-electron chi connectivity index (χ1n) is 5.96. The van der Waals surface area contributed by atoms with Crippen molar-refractivity contribution < 1.29 is 5.11 Å². The van der Waals surface area contributed by atoms with Gasteiger partial charge in [-0.15, -0.1) is 0 Å². The van der Waals surface area contributed by atoms with Crippen LogP contribution in [0.1, 0.15) is 25.1 Å². The van der Waals surface area contributed by atoms with Crippen LogP contribution >= 0.6 is 0 Å². The maximum absolute atomic E-state index is 10.5. The third-order valence-electron chi connectivity index (χ3n) is 3.72. The highest BCUT2D eigenvalue weighted by atomic mass is 16.3. The number of hydrogen-bond donors (Lipinski definition) is 1. The van der Waals surface area contributed by atoms with Gasteiger partial charge < -0.3 is 5.11 Å². The Morgan fingerprint density at radius 1 is 1.56 bits per heavy atom. The predicted octanol–water partition coefficient (Wildman–Crippen LogP) is -0.0432. The molecule has 1 aliphatic heterocycles. The summed E-state index contributed by atoms with van der Waals surface area (Å²) in [5, 5.41) is 14.5. The van der Waals surface area contributed by atoms with E-state index >= 15 is 0 Å². The number of hydrogen-bond acceptors (Lipinski definition) is 4. The molecule has 0 radical (unpaired) electrons. The summed E-state index contributed by atoms with van der Waals surface area (Å²) in [6.45, 7) is 1.82. The van der Waals surface area contributed by atoms with Crippen LogP contribution in [-0.4, -0.2) is 49.5 Å². The fraction of sp³-hybridized carbons (Fsp3) is 0.818. The summed E-state index contributed by atoms with van der Waals surface area (Å²) in [5.41, 5.74) is -0.594. The molecule has 5 nitrogen and oxygen atoms in total. The molecule has 2 heterocycles. The summed E-state index contributed by atoms with van der Waals surface area (Å²) in [5.74, 6) is 0.875. The van der Waals surface area contributed by atoms with Gasteiger partial charge in [0.1, 0.15) is 12.2 Å². The van der Waals surface area contributed by atoms with Gasteiger partial charge in [-0.2, -0.15) is 5.10 Å². The molecule has 1 saturated heterocycles. The molecule has 1 aromatic rings. The van der Waals surface area contributed by atoms with Gasteiger partial charge in [0.15, 0.2) is 0 Å². The van der Waals surface area contributed by atoms with Gasteiger partial charge in [0.2, 0.25) is 0 Å². The second kappa shape index (κ2) is 3.53. The second-order valence-corrected chi connectivity index (χ2v) is 5.15. The Labute approximate surface area is 95.1 Å². The van der Waals surface area contributed by atoms with E-state index in [0.29, 0.717) is 6.42 Å². The maximum Gasteiger partial charge on any atom is 0.138 e. The summed E-state index contributed by atoms with van der Waals surface area (Å²) in [6.07, 6.45) is 5.63. The van der Waals surface area contributed by atoms with Crippen molar-refractivity contribution in [2.75, 3.05) is 13.1 Å². The molecular formula is C11H18N4O. The third kappa shape index (κ3) is 1.85. The lowest BCUT2D eigenvalue weighted by Gasteiger charge is -2.22. The van der Waals surface area contributed by atoms with Crippen molar-refractivity contribution in [1.29, 1.82) is 0 Å². The summed E-state index contributed by atoms with van der Waals surface area (Å²) >= 11 is 0. The summed E-state index contributed by atoms with van der Waals surface area (Å²) in [7, 11) is 1.87. The zero-order valence-corrected chi connectivity index (χ0v) is 9.63. The molecule has 1 saturated carbocycles. The van der Waals surface area contributed by atoms with Crippen LogP contribution in [0.25, 0.3) is 0 Å². The second-order valence-electron chi connectivity index (χ2n) is 5.15. The van der Waals surface area contributed by atoms with E-state index in [1.807, 2.05) is 7.05 Å². The predicted molar refractivity (Wildman–Crippen MR) is 58.9 cm³/mol. The van der Waals surface area contributed by atoms with Crippen LogP contribution in [0.15, 0.2) is 6.33 Å². The Hall–Kier alpha value is -0.940. The van der Waals surface area contributed by atoms with Crippen molar-refractivity contribution in [1.82, 2.24) is 19.7 Å². The Bertz CT molecular complexity index is 387. The molecule has 1 aromatic heterocycles. The molecule has 0 aromatic carbocycles. The largest absolute Gasteiger partial charge is 0.388 e. The van der Waals surface area contributed by atoms with E-state index in [-0.39, 0.29) is 0 Å². The minimum absolute atomic E-state index is 0.594. The van der Waals surface area contributed by atoms with Crippen LogP contribution in [-0.2, 0) is 13.5 Å². The minimum Gasteiger partial charge on any atom is -0.388 e. The van der Waals surface area contributed by atoms with Gasteiger partial charge in [0.25, 0.3) is 0 Å². The van der Waals surface area contributed by atoms with Gasteiger partial charge >= 0.3 is 0 Å². The highest BCUT2D eigenvalue weighted by Crippen LogP contribution is 2.34. The Morgan fingerprint density at radius 2 is 2.38 bits per heavy atom. The van der Waals surface area contributed by atoms with Gasteiger partial charge in [-0.25, -0.2) is 4.98 Å². The van der Waals surface area contributed by atoms with Gasteiger partial charge in [-0.05, 0) is 19.3 Å². The van der Waals surface area contributed by atoms with Crippen LogP contribution in [0.5, 0.6) is 0 Å². The number of aliphatic hydroxyl groups is 1. The molecule has 1 aliphatic carbocycles. The average Bonchev–Trinajstić information content (AvgIpc) is 2.93. The number of likely N-dealkylation sites (tertiary alicyclic amines) is 1. The number of aromatic nitrogens is 3. The molecule has 1 N–H and O–H groups in total. The zero-order chi connectivity index (χ0) is 11.2. The van der Waals surface area contributed by atoms with Crippen LogP contribution < -0.4 is 0 Å². The molecule has 0 bridgehead atoms. The monoisotopic (exact) mass is 222 g/mol. The Kier molecular flexibility index (Phi) is 2.26. The third-order valence-corrected chi connectivity index (χ3v) is 3.72. The Morgan fingerprint density at radius 3 is 3.00 bits per heavy atom. The van der Waals surface area contributed by atoms with E-state index in [1.54, 1.807) is 11.0 Å². The quantitative estimate of drug-likeness (QED) is 0.779. The molecule has 3 rings (SSSR count). The molecule has 2 fully saturated rings. The van der Waals surface area contributed by atoms with Gasteiger partial charge in [-0.1, -0.05) is 0 Å². The van der Waals surface area contributed by atoms with E-state index < -0.39 is 5.60 Å². The lowest BCUT2D eigenvalue weighted by Crippen LogP contribution is -2.37. The first-order chi connectivity index (χ1) is 7.66. The fourth-order valence-corrected chi connectivity index (χ4v) is 2.56. The van der Waals surface area contributed by atoms with Crippen LogP contribution in [0.2, 0.25) is 0 Å². The lowest BCUT2D eigenvalue weighted by molar-refractivity contribution is 0.0459. The van der Waals surface area contributed by atoms with E-state index in [4.69, 9.17) is 0 Å². The molecule has 1 atom stereocenters. The fourth-order valence-electron chi connectivity index (χ4n) is 2.56. The van der Waals surface area contributed by atoms with Crippen molar-refractivity contribution in [2.24, 2.45) is 7.05 Å². The van der Waals surface area contributed by atoms with Crippen LogP contribution in [0.3, 0.4) is 0 Å². The first kappa shape index (κ1) is 10.2. The van der Waals surface area contributed by atoms with E-state index in [1.165, 1.54) is 12.8 Å². The van der Waals surface area contributed by atoms with Crippen molar-refractivity contribution in [3.63, 3.8) is 0 Å². The zero-order valence-electron chi connectivity index (χ0n) is 9.63. The van der Waals surface area contributed by atoms with Crippen molar-refractivity contribution in [3.05, 3.63) is 12.2 Å². The average molecular weight is 222 g/mol. The summed E-state index contributed by atoms with van der Waals surface area (Å²) < 4.78 is 1.75. The van der Waals surface area contributed by atoms with Crippen molar-refractivity contribution in [2.45, 2.75) is 37.3 Å². The lowest BCUT2D eigenvalue weighted by atomic mass is 9.98. The highest BCUT2D eigenvalue weighted by molar-refractivity contribution is 5.02. The van der Waals surface area contributed by atoms with Gasteiger partial charge in [0, 0.05) is 32.6 Å². The first-order valence-corrected chi connectivity index (χ1v) is 5.96. The van der Waals surface area contributed by atoms with E-state index in [2.05, 4.69) is 15.0 Å². The van der Waals surface area contributed by atoms with Gasteiger partial charge in [0.05, 0.1) is 5.60 Å². The van der Waals surface area contributed by atoms with Crippen LogP contribution in [0.4, 0.5) is 0 Å². The SMILES string of the molecule is Cn1ncnc1CC1(O)CCN(C2CC2)C1. The Balaban J connectivity index is 1.68. The van der Waals surface area contributed by atoms with E-state index in [9.17, 15) is 5.11 Å². The molecule has 88 valence electrons. The van der Waals surface area contributed by atoms with Crippen molar-refractivity contribution >= 4 is 0 Å². The maximum atomic E-state index is 10.5. The molecule has 0 spiro atoms. The topological polar surface area (TPSA) is 54.2 Å². The number of nitrogens with zero attached hydrogens (tertiary/aromatic N) is 4. The molecule has 2 aliphatic rings. The number of rotatable bonds is 3. The van der Waals surface area contributed by atoms with Crippen molar-refractivity contribution in [3.8, 4) is 0 Å². The van der Waals surface area contributed by atoms with E-state index in [0.717, 1.165) is 31.4 Å². The number of β-amino-alcohol motifs (C(OH)–C–C–N with tert-alkyl or cyclic N) is 1. The molecule has 1 unspecified atom stereocenters. The summed E-state index contributed by atoms with van der Waals surface area (Å²) in [4.78, 5) is 6.60. The molecule has 16 heavy (non-hydrogen) atoms. The number of aryl methyl sites for hydroxylation is 1. The summed E-state index contributed by atoms with van der Waals surface area (Å²) in [6, 6.07) is 0.744. The standard InChI is InChI=1S/C11H18N4O/c1-14-10(12-8-13-14)6-11(16)4-5-15(7-11)9-2-3-9/h8-9,16H,2-7H2,1H3. The molecule has 5 heteroatoms. The van der Waals surface area contributed by atoms with Crippen LogP contribution in [0, 0.1) is 0 Å². The molecule has 0 amide bonds. The smallest absolute Gasteiger partial charge is 0.138 e. The van der Waals surface area contributed by atoms with Gasteiger partial charge in [-0.3, -0.25) is 9.58 Å².